The van der Waals surface area contributed by atoms with Crippen LogP contribution in [0.4, 0.5) is 0 Å². The van der Waals surface area contributed by atoms with E-state index in [4.69, 9.17) is 0 Å². The van der Waals surface area contributed by atoms with E-state index < -0.39 is 0 Å². The van der Waals surface area contributed by atoms with Crippen molar-refractivity contribution in [1.82, 2.24) is 9.97 Å². The van der Waals surface area contributed by atoms with Crippen molar-refractivity contribution in [2.75, 3.05) is 0 Å². The number of hydrogen-bond acceptors (Lipinski definition) is 3. The highest BCUT2D eigenvalue weighted by Crippen LogP contribution is 2.18. The molecule has 0 radical (unpaired) electrons. The van der Waals surface area contributed by atoms with Gasteiger partial charge in [0.15, 0.2) is 0 Å². The topological polar surface area (TPSA) is 66.0 Å². The van der Waals surface area contributed by atoms with Crippen molar-refractivity contribution in [2.24, 2.45) is 0 Å². The number of benzene rings is 1. The Bertz CT molecular complexity index is 600. The van der Waals surface area contributed by atoms with E-state index >= 15 is 0 Å². The van der Waals surface area contributed by atoms with Gasteiger partial charge in [-0.15, -0.1) is 0 Å². The third kappa shape index (κ3) is 2.27. The van der Waals surface area contributed by atoms with Gasteiger partial charge < -0.3 is 10.1 Å². The van der Waals surface area contributed by atoms with Crippen molar-refractivity contribution in [3.8, 4) is 17.3 Å². The number of aromatic amines is 1. The van der Waals surface area contributed by atoms with E-state index in [9.17, 15) is 9.90 Å². The highest BCUT2D eigenvalue weighted by atomic mass is 16.3. The lowest BCUT2D eigenvalue weighted by molar-refractivity contribution is 0.444. The van der Waals surface area contributed by atoms with Gasteiger partial charge in [0.05, 0.1) is 5.56 Å². The average molecular weight is 244 g/mol. The van der Waals surface area contributed by atoms with Crippen LogP contribution in [0.2, 0.25) is 0 Å². The zero-order valence-corrected chi connectivity index (χ0v) is 10.5. The van der Waals surface area contributed by atoms with Gasteiger partial charge in [0.2, 0.25) is 5.88 Å². The van der Waals surface area contributed by atoms with Gasteiger partial charge in [-0.3, -0.25) is 4.79 Å². The maximum Gasteiger partial charge on any atom is 0.258 e. The molecule has 18 heavy (non-hydrogen) atoms. The molecule has 0 aliphatic rings. The van der Waals surface area contributed by atoms with Crippen molar-refractivity contribution < 1.29 is 5.11 Å². The van der Waals surface area contributed by atoms with E-state index in [-0.39, 0.29) is 11.4 Å². The molecule has 0 bridgehead atoms. The standard InChI is InChI=1S/C14H16N2O2/c1-3-9-5-7-10(8-6-9)12-15-13(17)11(4-2)14(18)16-12/h5-8H,3-4H2,1-2H3,(H2,15,16,17,18). The molecule has 0 unspecified atom stereocenters. The van der Waals surface area contributed by atoms with Crippen LogP contribution in [0.5, 0.6) is 5.88 Å². The van der Waals surface area contributed by atoms with Gasteiger partial charge in [-0.2, -0.15) is 4.98 Å². The molecule has 0 atom stereocenters. The largest absolute Gasteiger partial charge is 0.493 e. The SMILES string of the molecule is CCc1ccc(-c2nc(O)c(CC)c(=O)[nH]2)cc1. The van der Waals surface area contributed by atoms with Crippen molar-refractivity contribution in [1.29, 1.82) is 0 Å². The smallest absolute Gasteiger partial charge is 0.258 e. The molecule has 94 valence electrons. The molecule has 1 aromatic carbocycles. The summed E-state index contributed by atoms with van der Waals surface area (Å²) in [6, 6.07) is 7.75. The number of rotatable bonds is 3. The van der Waals surface area contributed by atoms with Crippen LogP contribution in [0.3, 0.4) is 0 Å². The summed E-state index contributed by atoms with van der Waals surface area (Å²) < 4.78 is 0. The Hall–Kier alpha value is -2.10. The van der Waals surface area contributed by atoms with Crippen molar-refractivity contribution in [3.63, 3.8) is 0 Å². The Morgan fingerprint density at radius 1 is 1.17 bits per heavy atom. The molecule has 4 heteroatoms. The van der Waals surface area contributed by atoms with Crippen molar-refractivity contribution >= 4 is 0 Å². The van der Waals surface area contributed by atoms with Crippen LogP contribution in [0, 0.1) is 0 Å². The van der Waals surface area contributed by atoms with E-state index in [1.54, 1.807) is 0 Å². The second kappa shape index (κ2) is 5.04. The monoisotopic (exact) mass is 244 g/mol. The van der Waals surface area contributed by atoms with E-state index in [2.05, 4.69) is 16.9 Å². The summed E-state index contributed by atoms with van der Waals surface area (Å²) in [7, 11) is 0. The molecule has 0 aliphatic carbocycles. The quantitative estimate of drug-likeness (QED) is 0.870. The Kier molecular flexibility index (Phi) is 3.46. The van der Waals surface area contributed by atoms with Gasteiger partial charge >= 0.3 is 0 Å². The molecule has 2 rings (SSSR count). The van der Waals surface area contributed by atoms with E-state index in [0.29, 0.717) is 17.8 Å². The second-order valence-electron chi connectivity index (χ2n) is 4.12. The van der Waals surface area contributed by atoms with Gasteiger partial charge in [-0.25, -0.2) is 0 Å². The lowest BCUT2D eigenvalue weighted by Gasteiger charge is -2.05. The molecule has 1 heterocycles. The first-order valence-electron chi connectivity index (χ1n) is 6.07. The number of nitrogens with one attached hydrogen (secondary N) is 1. The van der Waals surface area contributed by atoms with Gasteiger partial charge in [-0.05, 0) is 18.4 Å². The third-order valence-corrected chi connectivity index (χ3v) is 2.98. The number of aromatic nitrogens is 2. The Labute approximate surface area is 105 Å². The fraction of sp³-hybridized carbons (Fsp3) is 0.286. The first-order chi connectivity index (χ1) is 8.65. The summed E-state index contributed by atoms with van der Waals surface area (Å²) in [5.41, 5.74) is 2.06. The molecule has 1 aromatic heterocycles. The summed E-state index contributed by atoms with van der Waals surface area (Å²) in [6.07, 6.45) is 1.42. The number of aromatic hydroxyl groups is 1. The van der Waals surface area contributed by atoms with Gasteiger partial charge in [0, 0.05) is 5.56 Å². The summed E-state index contributed by atoms with van der Waals surface area (Å²) in [4.78, 5) is 18.5. The van der Waals surface area contributed by atoms with Gasteiger partial charge in [-0.1, -0.05) is 38.1 Å². The molecule has 0 spiro atoms. The molecule has 0 fully saturated rings. The van der Waals surface area contributed by atoms with Crippen LogP contribution < -0.4 is 5.56 Å². The summed E-state index contributed by atoms with van der Waals surface area (Å²) in [6.45, 7) is 3.89. The van der Waals surface area contributed by atoms with Crippen molar-refractivity contribution in [2.45, 2.75) is 26.7 Å². The minimum Gasteiger partial charge on any atom is -0.493 e. The van der Waals surface area contributed by atoms with Crippen LogP contribution in [0.25, 0.3) is 11.4 Å². The second-order valence-corrected chi connectivity index (χ2v) is 4.12. The predicted octanol–water partition coefficient (Wildman–Crippen LogP) is 2.27. The van der Waals surface area contributed by atoms with E-state index in [1.807, 2.05) is 31.2 Å². The molecule has 0 saturated heterocycles. The number of aryl methyl sites for hydroxylation is 1. The minimum atomic E-state index is -0.278. The molecule has 0 aliphatic heterocycles. The molecular formula is C14H16N2O2. The van der Waals surface area contributed by atoms with Crippen LogP contribution in [-0.2, 0) is 12.8 Å². The first-order valence-corrected chi connectivity index (χ1v) is 6.07. The van der Waals surface area contributed by atoms with Crippen LogP contribution in [-0.4, -0.2) is 15.1 Å². The fourth-order valence-corrected chi connectivity index (χ4v) is 1.84. The normalized spacial score (nSPS) is 10.6. The summed E-state index contributed by atoms with van der Waals surface area (Å²) in [5, 5.41) is 9.70. The van der Waals surface area contributed by atoms with Crippen LogP contribution >= 0.6 is 0 Å². The lowest BCUT2D eigenvalue weighted by atomic mass is 10.1. The molecular weight excluding hydrogens is 228 g/mol. The molecule has 0 saturated carbocycles. The van der Waals surface area contributed by atoms with E-state index in [0.717, 1.165) is 12.0 Å². The highest BCUT2D eigenvalue weighted by Gasteiger charge is 2.09. The molecule has 4 nitrogen and oxygen atoms in total. The zero-order chi connectivity index (χ0) is 13.1. The maximum absolute atomic E-state index is 11.7. The first kappa shape index (κ1) is 12.4. The van der Waals surface area contributed by atoms with Crippen molar-refractivity contribution in [3.05, 3.63) is 45.7 Å². The highest BCUT2D eigenvalue weighted by molar-refractivity contribution is 5.56. The van der Waals surface area contributed by atoms with E-state index in [1.165, 1.54) is 5.56 Å². The zero-order valence-electron chi connectivity index (χ0n) is 10.5. The maximum atomic E-state index is 11.7. The Balaban J connectivity index is 2.47. The van der Waals surface area contributed by atoms with Gasteiger partial charge in [0.25, 0.3) is 5.56 Å². The fourth-order valence-electron chi connectivity index (χ4n) is 1.84. The van der Waals surface area contributed by atoms with Gasteiger partial charge in [0.1, 0.15) is 5.82 Å². The third-order valence-electron chi connectivity index (χ3n) is 2.98. The predicted molar refractivity (Wildman–Crippen MR) is 70.7 cm³/mol. The molecule has 0 amide bonds. The Morgan fingerprint density at radius 2 is 1.83 bits per heavy atom. The lowest BCUT2D eigenvalue weighted by Crippen LogP contribution is -2.14. The summed E-state index contributed by atoms with van der Waals surface area (Å²) >= 11 is 0. The summed E-state index contributed by atoms with van der Waals surface area (Å²) in [5.74, 6) is 0.216. The van der Waals surface area contributed by atoms with Crippen LogP contribution in [0.15, 0.2) is 29.1 Å². The molecule has 2 N–H and O–H groups in total. The van der Waals surface area contributed by atoms with Crippen LogP contribution in [0.1, 0.15) is 25.0 Å². The number of nitrogens with zero attached hydrogens (tertiary/aromatic N) is 1. The average Bonchev–Trinajstić information content (AvgIpc) is 2.38. The minimum absolute atomic E-state index is 0.184. The molecule has 2 aromatic rings. The number of hydrogen-bond donors (Lipinski definition) is 2. The Morgan fingerprint density at radius 3 is 2.33 bits per heavy atom. The number of H-pyrrole nitrogens is 1.